The SMILES string of the molecule is CC1(C)c2ccccc2-c2c(-c3ccccc3N(c3ccccc3)c3ccc4c(c3)C3(c5ccccc5-c5ccccc53)c3ccccc3-4)cccc21. The lowest BCUT2D eigenvalue weighted by Crippen LogP contribution is -2.26. The summed E-state index contributed by atoms with van der Waals surface area (Å²) in [6, 6.07) is 70.1. The van der Waals surface area contributed by atoms with Crippen LogP contribution in [0.4, 0.5) is 17.1 Å². The summed E-state index contributed by atoms with van der Waals surface area (Å²) in [5.74, 6) is 0. The Hall–Kier alpha value is -6.44. The summed E-state index contributed by atoms with van der Waals surface area (Å²) in [4.78, 5) is 2.48. The molecule has 1 spiro atoms. The fraction of sp³-hybridized carbons (Fsp3) is 0.0769. The van der Waals surface area contributed by atoms with Gasteiger partial charge in [0.05, 0.1) is 11.1 Å². The second-order valence-corrected chi connectivity index (χ2v) is 15.2. The minimum absolute atomic E-state index is 0.0762. The standard InChI is InChI=1S/C52H37N/c1-51(2)43-25-11-9-23-42(43)50-41(24-16-29-47(50)51)40-22-10-15-30-49(40)53(34-17-4-3-5-18-34)35-31-32-39-38-21-8-14-28-46(38)52(48(39)33-35)44-26-12-6-19-36(44)37-20-7-13-27-45(37)52/h3-33H,1-2H3. The molecule has 3 aliphatic carbocycles. The highest BCUT2D eigenvalue weighted by Crippen LogP contribution is 2.63. The van der Waals surface area contributed by atoms with Crippen LogP contribution in [0.1, 0.15) is 47.2 Å². The molecule has 11 rings (SSSR count). The van der Waals surface area contributed by atoms with E-state index in [1.807, 2.05) is 0 Å². The van der Waals surface area contributed by atoms with Crippen LogP contribution >= 0.6 is 0 Å². The molecule has 0 amide bonds. The predicted octanol–water partition coefficient (Wildman–Crippen LogP) is 13.5. The zero-order valence-corrected chi connectivity index (χ0v) is 29.8. The van der Waals surface area contributed by atoms with Crippen LogP contribution in [0.25, 0.3) is 44.5 Å². The fourth-order valence-corrected chi connectivity index (χ4v) is 10.1. The molecule has 1 heteroatoms. The van der Waals surface area contributed by atoms with Gasteiger partial charge in [0.1, 0.15) is 0 Å². The van der Waals surface area contributed by atoms with Crippen molar-refractivity contribution in [3.05, 3.63) is 221 Å². The fourth-order valence-electron chi connectivity index (χ4n) is 10.1. The molecule has 250 valence electrons. The Kier molecular flexibility index (Phi) is 6.29. The molecule has 0 N–H and O–H groups in total. The van der Waals surface area contributed by atoms with Crippen molar-refractivity contribution in [2.45, 2.75) is 24.7 Å². The minimum atomic E-state index is -0.410. The number of benzene rings is 8. The monoisotopic (exact) mass is 675 g/mol. The summed E-state index contributed by atoms with van der Waals surface area (Å²) >= 11 is 0. The molecule has 53 heavy (non-hydrogen) atoms. The third kappa shape index (κ3) is 3.97. The van der Waals surface area contributed by atoms with Crippen molar-refractivity contribution in [3.63, 3.8) is 0 Å². The average Bonchev–Trinajstić information content (AvgIpc) is 3.77. The Balaban J connectivity index is 1.18. The number of para-hydroxylation sites is 2. The maximum absolute atomic E-state index is 2.49. The van der Waals surface area contributed by atoms with Gasteiger partial charge in [-0.1, -0.05) is 172 Å². The number of fused-ring (bicyclic) bond motifs is 13. The lowest BCUT2D eigenvalue weighted by Gasteiger charge is -2.33. The first kappa shape index (κ1) is 30.2. The van der Waals surface area contributed by atoms with Gasteiger partial charge in [0.15, 0.2) is 0 Å². The van der Waals surface area contributed by atoms with Crippen molar-refractivity contribution < 1.29 is 0 Å². The van der Waals surface area contributed by atoms with Crippen molar-refractivity contribution in [2.75, 3.05) is 4.90 Å². The molecular formula is C52H37N. The molecule has 0 aliphatic heterocycles. The highest BCUT2D eigenvalue weighted by Gasteiger charge is 2.51. The molecule has 0 radical (unpaired) electrons. The minimum Gasteiger partial charge on any atom is -0.310 e. The van der Waals surface area contributed by atoms with E-state index in [9.17, 15) is 0 Å². The second kappa shape index (κ2) is 11.0. The van der Waals surface area contributed by atoms with E-state index in [1.54, 1.807) is 0 Å². The van der Waals surface area contributed by atoms with Gasteiger partial charge >= 0.3 is 0 Å². The van der Waals surface area contributed by atoms with Gasteiger partial charge in [-0.25, -0.2) is 0 Å². The molecule has 0 aromatic heterocycles. The highest BCUT2D eigenvalue weighted by molar-refractivity contribution is 6.00. The first-order valence-corrected chi connectivity index (χ1v) is 18.7. The molecular weight excluding hydrogens is 639 g/mol. The van der Waals surface area contributed by atoms with Crippen LogP contribution in [0.2, 0.25) is 0 Å². The number of hydrogen-bond donors (Lipinski definition) is 0. The molecule has 8 aromatic rings. The first-order chi connectivity index (χ1) is 26.1. The molecule has 0 heterocycles. The molecule has 0 atom stereocenters. The number of nitrogens with zero attached hydrogens (tertiary/aromatic N) is 1. The molecule has 1 nitrogen and oxygen atoms in total. The third-order valence-electron chi connectivity index (χ3n) is 12.3. The Morgan fingerprint density at radius 2 is 0.792 bits per heavy atom. The van der Waals surface area contributed by atoms with E-state index in [0.29, 0.717) is 0 Å². The van der Waals surface area contributed by atoms with E-state index in [0.717, 1.165) is 17.1 Å². The van der Waals surface area contributed by atoms with Gasteiger partial charge in [0.25, 0.3) is 0 Å². The van der Waals surface area contributed by atoms with E-state index in [-0.39, 0.29) is 5.41 Å². The van der Waals surface area contributed by atoms with Gasteiger partial charge in [0, 0.05) is 22.4 Å². The Morgan fingerprint density at radius 1 is 0.321 bits per heavy atom. The average molecular weight is 676 g/mol. The summed E-state index contributed by atoms with van der Waals surface area (Å²) in [7, 11) is 0. The van der Waals surface area contributed by atoms with E-state index in [4.69, 9.17) is 0 Å². The summed E-state index contributed by atoms with van der Waals surface area (Å²) in [6.07, 6.45) is 0. The zero-order chi connectivity index (χ0) is 35.3. The molecule has 3 aliphatic rings. The lowest BCUT2D eigenvalue weighted by molar-refractivity contribution is 0.660. The van der Waals surface area contributed by atoms with Gasteiger partial charge in [-0.15, -0.1) is 0 Å². The van der Waals surface area contributed by atoms with Crippen LogP contribution in [0.15, 0.2) is 188 Å². The van der Waals surface area contributed by atoms with Gasteiger partial charge in [-0.3, -0.25) is 0 Å². The van der Waals surface area contributed by atoms with Gasteiger partial charge in [0.2, 0.25) is 0 Å². The number of rotatable bonds is 4. The third-order valence-corrected chi connectivity index (χ3v) is 12.3. The summed E-state index contributed by atoms with van der Waals surface area (Å²) in [6.45, 7) is 4.72. The number of anilines is 3. The van der Waals surface area contributed by atoms with Gasteiger partial charge < -0.3 is 4.90 Å². The summed E-state index contributed by atoms with van der Waals surface area (Å²) in [5.41, 5.74) is 21.5. The molecule has 0 unspecified atom stereocenters. The van der Waals surface area contributed by atoms with E-state index >= 15 is 0 Å². The predicted molar refractivity (Wildman–Crippen MR) is 220 cm³/mol. The van der Waals surface area contributed by atoms with Crippen LogP contribution in [0.3, 0.4) is 0 Å². The van der Waals surface area contributed by atoms with E-state index in [2.05, 4.69) is 207 Å². The van der Waals surface area contributed by atoms with Crippen LogP contribution < -0.4 is 4.90 Å². The maximum Gasteiger partial charge on any atom is 0.0726 e. The topological polar surface area (TPSA) is 3.24 Å². The Morgan fingerprint density at radius 3 is 1.43 bits per heavy atom. The van der Waals surface area contributed by atoms with Crippen LogP contribution in [0, 0.1) is 0 Å². The Labute approximate surface area is 311 Å². The lowest BCUT2D eigenvalue weighted by atomic mass is 9.70. The van der Waals surface area contributed by atoms with E-state index in [1.165, 1.54) is 77.9 Å². The van der Waals surface area contributed by atoms with Crippen molar-refractivity contribution >= 4 is 17.1 Å². The van der Waals surface area contributed by atoms with Gasteiger partial charge in [-0.05, 0) is 103 Å². The second-order valence-electron chi connectivity index (χ2n) is 15.2. The van der Waals surface area contributed by atoms with Crippen molar-refractivity contribution in [2.24, 2.45) is 0 Å². The number of hydrogen-bond acceptors (Lipinski definition) is 1. The molecule has 0 saturated carbocycles. The van der Waals surface area contributed by atoms with Crippen molar-refractivity contribution in [1.29, 1.82) is 0 Å². The van der Waals surface area contributed by atoms with Crippen LogP contribution in [-0.4, -0.2) is 0 Å². The first-order valence-electron chi connectivity index (χ1n) is 18.7. The maximum atomic E-state index is 2.49. The summed E-state index contributed by atoms with van der Waals surface area (Å²) < 4.78 is 0. The van der Waals surface area contributed by atoms with Crippen LogP contribution in [-0.2, 0) is 10.8 Å². The highest BCUT2D eigenvalue weighted by atomic mass is 15.1. The molecule has 8 aromatic carbocycles. The van der Waals surface area contributed by atoms with Crippen LogP contribution in [0.5, 0.6) is 0 Å². The smallest absolute Gasteiger partial charge is 0.0726 e. The van der Waals surface area contributed by atoms with Crippen molar-refractivity contribution in [1.82, 2.24) is 0 Å². The van der Waals surface area contributed by atoms with Gasteiger partial charge in [-0.2, -0.15) is 0 Å². The molecule has 0 bridgehead atoms. The molecule has 0 saturated heterocycles. The Bertz CT molecular complexity index is 2710. The summed E-state index contributed by atoms with van der Waals surface area (Å²) in [5, 5.41) is 0. The van der Waals surface area contributed by atoms with E-state index < -0.39 is 5.41 Å². The molecule has 0 fully saturated rings. The quantitative estimate of drug-likeness (QED) is 0.179. The zero-order valence-electron chi connectivity index (χ0n) is 29.8. The largest absolute Gasteiger partial charge is 0.310 e. The normalized spacial score (nSPS) is 14.5. The van der Waals surface area contributed by atoms with Crippen molar-refractivity contribution in [3.8, 4) is 44.5 Å².